The summed E-state index contributed by atoms with van der Waals surface area (Å²) in [6, 6.07) is 13.4. The summed E-state index contributed by atoms with van der Waals surface area (Å²) in [5.41, 5.74) is 1.21. The highest BCUT2D eigenvalue weighted by Crippen LogP contribution is 2.27. The lowest BCUT2D eigenvalue weighted by molar-refractivity contribution is 0.262. The minimum Gasteiger partial charge on any atom is -0.492 e. The van der Waals surface area contributed by atoms with E-state index in [0.29, 0.717) is 34.6 Å². The predicted octanol–water partition coefficient (Wildman–Crippen LogP) is 5.02. The van der Waals surface area contributed by atoms with Crippen molar-refractivity contribution < 1.29 is 13.9 Å². The van der Waals surface area contributed by atoms with E-state index in [1.54, 1.807) is 24.3 Å². The normalized spacial score (nSPS) is 13.5. The Kier molecular flexibility index (Phi) is 5.46. The summed E-state index contributed by atoms with van der Waals surface area (Å²) in [6.07, 6.45) is 2.26. The highest BCUT2D eigenvalue weighted by atomic mass is 19.1. The Balaban J connectivity index is 1.52. The second kappa shape index (κ2) is 8.34. The predicted molar refractivity (Wildman–Crippen MR) is 113 cm³/mol. The third kappa shape index (κ3) is 4.23. The van der Waals surface area contributed by atoms with Gasteiger partial charge in [0.2, 0.25) is 0 Å². The molecule has 7 heteroatoms. The largest absolute Gasteiger partial charge is 0.492 e. The molecule has 29 heavy (non-hydrogen) atoms. The summed E-state index contributed by atoms with van der Waals surface area (Å²) in [4.78, 5) is 19.0. The number of para-hydroxylation sites is 2. The van der Waals surface area contributed by atoms with E-state index in [2.05, 4.69) is 20.5 Å². The van der Waals surface area contributed by atoms with E-state index in [9.17, 15) is 9.18 Å². The van der Waals surface area contributed by atoms with Crippen LogP contribution in [-0.4, -0.2) is 30.7 Å². The molecule has 0 spiro atoms. The van der Waals surface area contributed by atoms with Crippen LogP contribution in [0.5, 0.6) is 5.75 Å². The molecule has 0 bridgehead atoms. The van der Waals surface area contributed by atoms with Gasteiger partial charge in [0.05, 0.1) is 12.3 Å². The number of hydrogen-bond donors (Lipinski definition) is 2. The Labute approximate surface area is 168 Å². The standard InChI is InChI=1S/C22H23FN4O2/c1-2-29-19-8-4-3-7-18(19)25-22(28)24-16-13-15-9-10-20(27-11-5-6-12-27)26-21(15)17(23)14-16/h3-4,7-10,13-14H,2,5-6,11-12H2,1H3,(H2,24,25,28). The van der Waals surface area contributed by atoms with Gasteiger partial charge >= 0.3 is 6.03 Å². The SMILES string of the molecule is CCOc1ccccc1NC(=O)Nc1cc(F)c2nc(N3CCCC3)ccc2c1. The smallest absolute Gasteiger partial charge is 0.323 e. The molecule has 0 unspecified atom stereocenters. The number of anilines is 3. The summed E-state index contributed by atoms with van der Waals surface area (Å²) in [6.45, 7) is 4.26. The van der Waals surface area contributed by atoms with Crippen molar-refractivity contribution in [1.82, 2.24) is 4.98 Å². The molecule has 1 saturated heterocycles. The fraction of sp³-hybridized carbons (Fsp3) is 0.273. The van der Waals surface area contributed by atoms with Crippen molar-refractivity contribution in [2.45, 2.75) is 19.8 Å². The molecule has 2 aromatic carbocycles. The van der Waals surface area contributed by atoms with Gasteiger partial charge in [-0.15, -0.1) is 0 Å². The van der Waals surface area contributed by atoms with Gasteiger partial charge in [-0.25, -0.2) is 14.2 Å². The number of amides is 2. The number of aromatic nitrogens is 1. The average Bonchev–Trinajstić information content (AvgIpc) is 3.24. The molecule has 0 saturated carbocycles. The molecule has 1 fully saturated rings. The van der Waals surface area contributed by atoms with Gasteiger partial charge in [0.1, 0.15) is 17.1 Å². The van der Waals surface area contributed by atoms with Crippen LogP contribution in [0.25, 0.3) is 10.9 Å². The minimum atomic E-state index is -0.474. The molecular formula is C22H23FN4O2. The maximum Gasteiger partial charge on any atom is 0.323 e. The fourth-order valence-corrected chi connectivity index (χ4v) is 3.51. The number of fused-ring (bicyclic) bond motifs is 1. The molecule has 2 amide bonds. The highest BCUT2D eigenvalue weighted by molar-refractivity contribution is 6.01. The van der Waals surface area contributed by atoms with Crippen molar-refractivity contribution in [1.29, 1.82) is 0 Å². The van der Waals surface area contributed by atoms with Crippen LogP contribution in [0.2, 0.25) is 0 Å². The Morgan fingerprint density at radius 2 is 1.93 bits per heavy atom. The van der Waals surface area contributed by atoms with E-state index in [1.165, 1.54) is 6.07 Å². The maximum atomic E-state index is 14.7. The lowest BCUT2D eigenvalue weighted by Gasteiger charge is -2.17. The van der Waals surface area contributed by atoms with Gasteiger partial charge in [-0.1, -0.05) is 12.1 Å². The molecular weight excluding hydrogens is 371 g/mol. The van der Waals surface area contributed by atoms with E-state index >= 15 is 0 Å². The van der Waals surface area contributed by atoms with Crippen LogP contribution in [0, 0.1) is 5.82 Å². The van der Waals surface area contributed by atoms with Gasteiger partial charge in [0.25, 0.3) is 0 Å². The van der Waals surface area contributed by atoms with Crippen LogP contribution in [0.1, 0.15) is 19.8 Å². The first-order valence-electron chi connectivity index (χ1n) is 9.79. The Hall–Kier alpha value is -3.35. The molecule has 0 radical (unpaired) electrons. The first kappa shape index (κ1) is 19.0. The monoisotopic (exact) mass is 394 g/mol. The number of hydrogen-bond acceptors (Lipinski definition) is 4. The summed E-state index contributed by atoms with van der Waals surface area (Å²) < 4.78 is 20.2. The zero-order valence-electron chi connectivity index (χ0n) is 16.2. The van der Waals surface area contributed by atoms with Crippen molar-refractivity contribution in [2.75, 3.05) is 35.2 Å². The number of pyridine rings is 1. The molecule has 2 N–H and O–H groups in total. The highest BCUT2D eigenvalue weighted by Gasteiger charge is 2.16. The van der Waals surface area contributed by atoms with Crippen LogP contribution in [0.4, 0.5) is 26.4 Å². The van der Waals surface area contributed by atoms with E-state index in [4.69, 9.17) is 4.74 Å². The van der Waals surface area contributed by atoms with Crippen LogP contribution in [0.3, 0.4) is 0 Å². The van der Waals surface area contributed by atoms with Crippen molar-refractivity contribution in [3.05, 3.63) is 54.3 Å². The lowest BCUT2D eigenvalue weighted by Crippen LogP contribution is -2.20. The van der Waals surface area contributed by atoms with Crippen LogP contribution >= 0.6 is 0 Å². The molecule has 1 aliphatic heterocycles. The van der Waals surface area contributed by atoms with Crippen LogP contribution < -0.4 is 20.3 Å². The number of carbonyl (C=O) groups is 1. The Morgan fingerprint density at radius 3 is 2.72 bits per heavy atom. The zero-order chi connectivity index (χ0) is 20.2. The van der Waals surface area contributed by atoms with Crippen LogP contribution in [0.15, 0.2) is 48.5 Å². The summed E-state index contributed by atoms with van der Waals surface area (Å²) >= 11 is 0. The average molecular weight is 394 g/mol. The van der Waals surface area contributed by atoms with Crippen LogP contribution in [-0.2, 0) is 0 Å². The number of benzene rings is 2. The lowest BCUT2D eigenvalue weighted by atomic mass is 10.2. The van der Waals surface area contributed by atoms with E-state index < -0.39 is 11.8 Å². The Morgan fingerprint density at radius 1 is 1.14 bits per heavy atom. The number of nitrogens with one attached hydrogen (secondary N) is 2. The summed E-state index contributed by atoms with van der Waals surface area (Å²) in [5.74, 6) is 0.905. The van der Waals surface area contributed by atoms with Gasteiger partial charge in [-0.05, 0) is 56.2 Å². The third-order valence-corrected chi connectivity index (χ3v) is 4.85. The molecule has 0 atom stereocenters. The van der Waals surface area contributed by atoms with Crippen molar-refractivity contribution >= 4 is 34.1 Å². The number of nitrogens with zero attached hydrogens (tertiary/aromatic N) is 2. The number of halogens is 1. The number of urea groups is 1. The first-order chi connectivity index (χ1) is 14.1. The second-order valence-electron chi connectivity index (χ2n) is 6.90. The summed E-state index contributed by atoms with van der Waals surface area (Å²) in [5, 5.41) is 6.05. The quantitative estimate of drug-likeness (QED) is 0.638. The topological polar surface area (TPSA) is 66.5 Å². The number of rotatable bonds is 5. The molecule has 1 aliphatic rings. The third-order valence-electron chi connectivity index (χ3n) is 4.85. The summed E-state index contributed by atoms with van der Waals surface area (Å²) in [7, 11) is 0. The molecule has 0 aliphatic carbocycles. The number of ether oxygens (including phenoxy) is 1. The zero-order valence-corrected chi connectivity index (χ0v) is 16.2. The molecule has 6 nitrogen and oxygen atoms in total. The van der Waals surface area contributed by atoms with Crippen molar-refractivity contribution in [3.8, 4) is 5.75 Å². The Bertz CT molecular complexity index is 1030. The van der Waals surface area contributed by atoms with Gasteiger partial charge in [0.15, 0.2) is 5.82 Å². The van der Waals surface area contributed by atoms with Gasteiger partial charge < -0.3 is 20.3 Å². The van der Waals surface area contributed by atoms with Gasteiger partial charge in [0, 0.05) is 24.2 Å². The minimum absolute atomic E-state index is 0.307. The van der Waals surface area contributed by atoms with Gasteiger partial charge in [-0.2, -0.15) is 0 Å². The maximum absolute atomic E-state index is 14.7. The van der Waals surface area contributed by atoms with Gasteiger partial charge in [-0.3, -0.25) is 0 Å². The first-order valence-corrected chi connectivity index (χ1v) is 9.79. The molecule has 4 rings (SSSR count). The van der Waals surface area contributed by atoms with E-state index in [0.717, 1.165) is 31.7 Å². The number of carbonyl (C=O) groups excluding carboxylic acids is 1. The van der Waals surface area contributed by atoms with Crippen molar-refractivity contribution in [3.63, 3.8) is 0 Å². The molecule has 150 valence electrons. The van der Waals surface area contributed by atoms with E-state index in [-0.39, 0.29) is 0 Å². The molecule has 2 heterocycles. The second-order valence-corrected chi connectivity index (χ2v) is 6.90. The fourth-order valence-electron chi connectivity index (χ4n) is 3.51. The van der Waals surface area contributed by atoms with E-state index in [1.807, 2.05) is 25.1 Å². The van der Waals surface area contributed by atoms with Crippen molar-refractivity contribution in [2.24, 2.45) is 0 Å². The molecule has 1 aromatic heterocycles. The molecule has 3 aromatic rings.